The van der Waals surface area contributed by atoms with E-state index >= 15 is 4.39 Å². The zero-order chi connectivity index (χ0) is 22.0. The molecule has 0 aliphatic heterocycles. The molecule has 2 aromatic rings. The average Bonchev–Trinajstić information content (AvgIpc) is 2.78. The van der Waals surface area contributed by atoms with E-state index in [2.05, 4.69) is 13.0 Å². The molecule has 31 heavy (non-hydrogen) atoms. The fourth-order valence-electron chi connectivity index (χ4n) is 5.62. The molecule has 0 saturated heterocycles. The van der Waals surface area contributed by atoms with Crippen molar-refractivity contribution in [2.24, 2.45) is 5.92 Å². The van der Waals surface area contributed by atoms with Gasteiger partial charge in [-0.15, -0.1) is 0 Å². The van der Waals surface area contributed by atoms with Crippen LogP contribution < -0.4 is 0 Å². The minimum Gasteiger partial charge on any atom is -0.207 e. The van der Waals surface area contributed by atoms with Crippen LogP contribution in [0.1, 0.15) is 97.9 Å². The first-order valence-electron chi connectivity index (χ1n) is 11.7. The normalized spacial score (nSPS) is 23.3. The predicted molar refractivity (Wildman–Crippen MR) is 116 cm³/mol. The van der Waals surface area contributed by atoms with Crippen molar-refractivity contribution in [3.8, 4) is 6.07 Å². The van der Waals surface area contributed by atoms with Gasteiger partial charge in [0.1, 0.15) is 29.1 Å². The van der Waals surface area contributed by atoms with E-state index < -0.39 is 17.2 Å². The number of hydrogen-bond acceptors (Lipinski definition) is 1. The van der Waals surface area contributed by atoms with Gasteiger partial charge in [0.05, 0.1) is 0 Å². The SMILES string of the molecule is CCCCC1CCC(c2ccc(C3CCc4c(cc(F)c(C#N)c4F)C3)c(F)c2)CC1. The highest BCUT2D eigenvalue weighted by Crippen LogP contribution is 2.40. The molecule has 0 radical (unpaired) electrons. The van der Waals surface area contributed by atoms with Crippen molar-refractivity contribution in [1.82, 2.24) is 0 Å². The molecule has 4 rings (SSSR count). The molecule has 0 amide bonds. The molecule has 0 N–H and O–H groups in total. The quantitative estimate of drug-likeness (QED) is 0.481. The van der Waals surface area contributed by atoms with Crippen LogP contribution in [0.4, 0.5) is 13.2 Å². The van der Waals surface area contributed by atoms with Crippen LogP contribution in [0, 0.1) is 34.7 Å². The highest BCUT2D eigenvalue weighted by molar-refractivity contribution is 5.44. The van der Waals surface area contributed by atoms with Crippen molar-refractivity contribution < 1.29 is 13.2 Å². The smallest absolute Gasteiger partial charge is 0.147 e. The summed E-state index contributed by atoms with van der Waals surface area (Å²) in [5, 5.41) is 8.97. The minimum atomic E-state index is -0.829. The topological polar surface area (TPSA) is 23.8 Å². The van der Waals surface area contributed by atoms with Crippen LogP contribution in [0.5, 0.6) is 0 Å². The monoisotopic (exact) mass is 425 g/mol. The zero-order valence-electron chi connectivity index (χ0n) is 18.2. The van der Waals surface area contributed by atoms with Crippen LogP contribution in [-0.4, -0.2) is 0 Å². The lowest BCUT2D eigenvalue weighted by molar-refractivity contribution is 0.304. The van der Waals surface area contributed by atoms with Crippen LogP contribution in [-0.2, 0) is 12.8 Å². The summed E-state index contributed by atoms with van der Waals surface area (Å²) in [7, 11) is 0. The summed E-state index contributed by atoms with van der Waals surface area (Å²) < 4.78 is 43.6. The first-order chi connectivity index (χ1) is 15.0. The Balaban J connectivity index is 1.47. The Morgan fingerprint density at radius 2 is 1.74 bits per heavy atom. The number of benzene rings is 2. The number of fused-ring (bicyclic) bond motifs is 1. The van der Waals surface area contributed by atoms with Crippen molar-refractivity contribution in [3.63, 3.8) is 0 Å². The lowest BCUT2D eigenvalue weighted by atomic mass is 9.76. The van der Waals surface area contributed by atoms with Gasteiger partial charge in [0.25, 0.3) is 0 Å². The fraction of sp³-hybridized carbons (Fsp3) is 0.519. The number of nitriles is 1. The second-order valence-electron chi connectivity index (χ2n) is 9.38. The Morgan fingerprint density at radius 3 is 2.42 bits per heavy atom. The lowest BCUT2D eigenvalue weighted by Crippen LogP contribution is -2.17. The van der Waals surface area contributed by atoms with Crippen LogP contribution in [0.2, 0.25) is 0 Å². The van der Waals surface area contributed by atoms with Gasteiger partial charge < -0.3 is 0 Å². The maximum atomic E-state index is 15.1. The number of nitrogens with zero attached hydrogens (tertiary/aromatic N) is 1. The van der Waals surface area contributed by atoms with Crippen LogP contribution in [0.15, 0.2) is 24.3 Å². The third-order valence-electron chi connectivity index (χ3n) is 7.48. The second kappa shape index (κ2) is 9.47. The Morgan fingerprint density at radius 1 is 0.968 bits per heavy atom. The molecule has 2 aromatic carbocycles. The Labute approximate surface area is 183 Å². The van der Waals surface area contributed by atoms with Gasteiger partial charge in [-0.2, -0.15) is 5.26 Å². The molecule has 2 aliphatic rings. The van der Waals surface area contributed by atoms with Gasteiger partial charge in [0.15, 0.2) is 0 Å². The van der Waals surface area contributed by atoms with E-state index in [1.54, 1.807) is 12.1 Å². The Kier molecular flexibility index (Phi) is 6.70. The molecule has 1 atom stereocenters. The van der Waals surface area contributed by atoms with Crippen molar-refractivity contribution in [3.05, 3.63) is 69.5 Å². The number of hydrogen-bond donors (Lipinski definition) is 0. The van der Waals surface area contributed by atoms with E-state index in [0.29, 0.717) is 41.9 Å². The summed E-state index contributed by atoms with van der Waals surface area (Å²) in [4.78, 5) is 0. The van der Waals surface area contributed by atoms with Gasteiger partial charge in [-0.1, -0.05) is 38.3 Å². The summed E-state index contributed by atoms with van der Waals surface area (Å²) in [6, 6.07) is 8.51. The van der Waals surface area contributed by atoms with E-state index in [-0.39, 0.29) is 11.7 Å². The third kappa shape index (κ3) is 4.52. The van der Waals surface area contributed by atoms with Gasteiger partial charge in [0, 0.05) is 0 Å². The van der Waals surface area contributed by atoms with Crippen molar-refractivity contribution in [1.29, 1.82) is 5.26 Å². The first kappa shape index (κ1) is 21.9. The average molecular weight is 426 g/mol. The molecule has 0 spiro atoms. The van der Waals surface area contributed by atoms with Gasteiger partial charge in [-0.25, -0.2) is 13.2 Å². The molecule has 164 valence electrons. The maximum absolute atomic E-state index is 15.1. The van der Waals surface area contributed by atoms with Crippen LogP contribution >= 0.6 is 0 Å². The first-order valence-corrected chi connectivity index (χ1v) is 11.7. The third-order valence-corrected chi connectivity index (χ3v) is 7.48. The molecule has 1 nitrogen and oxygen atoms in total. The van der Waals surface area contributed by atoms with Crippen LogP contribution in [0.3, 0.4) is 0 Å². The van der Waals surface area contributed by atoms with E-state index in [4.69, 9.17) is 5.26 Å². The molecule has 2 aliphatic carbocycles. The van der Waals surface area contributed by atoms with Gasteiger partial charge in [0.2, 0.25) is 0 Å². The molecular weight excluding hydrogens is 395 g/mol. The van der Waals surface area contributed by atoms with E-state index in [0.717, 1.165) is 24.3 Å². The van der Waals surface area contributed by atoms with Crippen molar-refractivity contribution in [2.45, 2.75) is 83.0 Å². The van der Waals surface area contributed by atoms with Gasteiger partial charge >= 0.3 is 0 Å². The van der Waals surface area contributed by atoms with Gasteiger partial charge in [-0.3, -0.25) is 0 Å². The van der Waals surface area contributed by atoms with Gasteiger partial charge in [-0.05, 0) is 97.1 Å². The summed E-state index contributed by atoms with van der Waals surface area (Å²) >= 11 is 0. The summed E-state index contributed by atoms with van der Waals surface area (Å²) in [5.41, 5.74) is 2.17. The summed E-state index contributed by atoms with van der Waals surface area (Å²) in [5.74, 6) is -0.621. The molecule has 0 heterocycles. The Bertz CT molecular complexity index is 983. The standard InChI is InChI=1S/C27H30F3N/c1-2-3-4-17-5-7-18(8-6-17)19-9-11-22(25(28)14-19)20-10-12-23-21(13-20)15-26(29)24(16-31)27(23)30/h9,11,14-15,17-18,20H,2-8,10,12-13H2,1H3. The molecule has 1 saturated carbocycles. The maximum Gasteiger partial charge on any atom is 0.147 e. The van der Waals surface area contributed by atoms with E-state index in [1.165, 1.54) is 38.2 Å². The van der Waals surface area contributed by atoms with E-state index in [1.807, 2.05) is 6.07 Å². The highest BCUT2D eigenvalue weighted by Gasteiger charge is 2.28. The molecule has 1 unspecified atom stereocenters. The summed E-state index contributed by atoms with van der Waals surface area (Å²) in [6.45, 7) is 2.23. The minimum absolute atomic E-state index is 0.0990. The van der Waals surface area contributed by atoms with Crippen molar-refractivity contribution in [2.75, 3.05) is 0 Å². The number of halogens is 3. The zero-order valence-corrected chi connectivity index (χ0v) is 18.2. The predicted octanol–water partition coefficient (Wildman–Crippen LogP) is 7.71. The highest BCUT2D eigenvalue weighted by atomic mass is 19.1. The lowest BCUT2D eigenvalue weighted by Gasteiger charge is -2.30. The molecule has 4 heteroatoms. The second-order valence-corrected chi connectivity index (χ2v) is 9.38. The fourth-order valence-corrected chi connectivity index (χ4v) is 5.62. The Hall–Kier alpha value is -2.28. The van der Waals surface area contributed by atoms with Crippen molar-refractivity contribution >= 4 is 0 Å². The summed E-state index contributed by atoms with van der Waals surface area (Å²) in [6.07, 6.45) is 9.97. The molecule has 0 bridgehead atoms. The molecule has 0 aromatic heterocycles. The molecule has 1 fully saturated rings. The van der Waals surface area contributed by atoms with Crippen LogP contribution in [0.25, 0.3) is 0 Å². The number of unbranched alkanes of at least 4 members (excludes halogenated alkanes) is 1. The molecular formula is C27H30F3N. The largest absolute Gasteiger partial charge is 0.207 e. The number of rotatable bonds is 5. The van der Waals surface area contributed by atoms with E-state index in [9.17, 15) is 8.78 Å².